The quantitative estimate of drug-likeness (QED) is 0.458. The number of carboxylic acids is 1. The summed E-state index contributed by atoms with van der Waals surface area (Å²) in [6.07, 6.45) is 3.90. The molecule has 4 heterocycles. The normalized spacial score (nSPS) is 17.4. The number of rotatable bonds is 6. The lowest BCUT2D eigenvalue weighted by Gasteiger charge is -2.14. The Morgan fingerprint density at radius 2 is 2.16 bits per heavy atom. The van der Waals surface area contributed by atoms with Crippen LogP contribution >= 0.6 is 11.3 Å². The summed E-state index contributed by atoms with van der Waals surface area (Å²) in [5.74, 6) is -1.19. The molecule has 0 saturated heterocycles. The van der Waals surface area contributed by atoms with E-state index in [0.717, 1.165) is 33.2 Å². The van der Waals surface area contributed by atoms with Gasteiger partial charge < -0.3 is 10.4 Å². The molecule has 0 bridgehead atoms. The molecule has 0 unspecified atom stereocenters. The molecule has 1 aliphatic carbocycles. The molecular formula is C22H19N7O2S. The number of pyridine rings is 1. The van der Waals surface area contributed by atoms with E-state index >= 15 is 0 Å². The van der Waals surface area contributed by atoms with Gasteiger partial charge in [-0.3, -0.25) is 9.78 Å². The van der Waals surface area contributed by atoms with Gasteiger partial charge in [-0.2, -0.15) is 10.4 Å². The Hall–Kier alpha value is -3.84. The minimum absolute atomic E-state index is 0.0519. The van der Waals surface area contributed by atoms with Crippen molar-refractivity contribution in [2.24, 2.45) is 5.92 Å². The zero-order valence-corrected chi connectivity index (χ0v) is 18.2. The molecule has 9 nitrogen and oxygen atoms in total. The maximum atomic E-state index is 11.2. The number of aliphatic carboxylic acids is 1. The molecule has 160 valence electrons. The molecule has 0 aromatic carbocycles. The van der Waals surface area contributed by atoms with Crippen molar-refractivity contribution in [3.63, 3.8) is 0 Å². The Balaban J connectivity index is 1.53. The Morgan fingerprint density at radius 3 is 2.88 bits per heavy atom. The third-order valence-electron chi connectivity index (χ3n) is 5.34. The average Bonchev–Trinajstić information content (AvgIpc) is 3.24. The van der Waals surface area contributed by atoms with E-state index in [1.807, 2.05) is 18.2 Å². The standard InChI is InChI=1S/C22H19N7O2S/c1-11(2)26-17-7-18(19-4-3-13-5-12(8-23)9-25-29(13)19)24-10-16(17)21-28-27-20(32-21)14-6-15(14)22(30)31/h3-5,7,9-11,14-15H,6H2,1-2H3,(H,24,26)(H,30,31)/t14-,15-/m1/s1. The highest BCUT2D eigenvalue weighted by atomic mass is 32.1. The second-order valence-electron chi connectivity index (χ2n) is 8.06. The third-order valence-corrected chi connectivity index (χ3v) is 6.42. The highest BCUT2D eigenvalue weighted by Crippen LogP contribution is 2.49. The number of nitriles is 1. The van der Waals surface area contributed by atoms with Gasteiger partial charge in [0, 0.05) is 23.8 Å². The van der Waals surface area contributed by atoms with Crippen LogP contribution in [0, 0.1) is 17.2 Å². The maximum absolute atomic E-state index is 11.2. The van der Waals surface area contributed by atoms with Gasteiger partial charge in [-0.15, -0.1) is 10.2 Å². The summed E-state index contributed by atoms with van der Waals surface area (Å²) in [7, 11) is 0. The Labute approximate surface area is 187 Å². The molecule has 0 radical (unpaired) electrons. The van der Waals surface area contributed by atoms with Crippen molar-refractivity contribution < 1.29 is 9.90 Å². The fraction of sp³-hybridized carbons (Fsp3) is 0.273. The Morgan fingerprint density at radius 1 is 1.31 bits per heavy atom. The molecule has 1 aliphatic rings. The number of fused-ring (bicyclic) bond motifs is 1. The fourth-order valence-corrected chi connectivity index (χ4v) is 4.73. The van der Waals surface area contributed by atoms with Gasteiger partial charge in [0.05, 0.1) is 40.1 Å². The van der Waals surface area contributed by atoms with Crippen molar-refractivity contribution in [3.05, 3.63) is 47.2 Å². The summed E-state index contributed by atoms with van der Waals surface area (Å²) < 4.78 is 1.75. The molecule has 32 heavy (non-hydrogen) atoms. The van der Waals surface area contributed by atoms with Crippen LogP contribution in [0.3, 0.4) is 0 Å². The molecule has 1 saturated carbocycles. The van der Waals surface area contributed by atoms with Gasteiger partial charge in [0.25, 0.3) is 0 Å². The summed E-state index contributed by atoms with van der Waals surface area (Å²) in [6, 6.07) is 9.84. The van der Waals surface area contributed by atoms with Crippen molar-refractivity contribution >= 4 is 28.5 Å². The van der Waals surface area contributed by atoms with Crippen molar-refractivity contribution in [1.82, 2.24) is 24.8 Å². The number of nitrogens with one attached hydrogen (secondary N) is 1. The summed E-state index contributed by atoms with van der Waals surface area (Å²) in [4.78, 5) is 15.8. The van der Waals surface area contributed by atoms with Gasteiger partial charge in [-0.25, -0.2) is 4.52 Å². The number of anilines is 1. The number of nitrogens with zero attached hydrogens (tertiary/aromatic N) is 6. The van der Waals surface area contributed by atoms with Crippen LogP contribution in [0.25, 0.3) is 27.5 Å². The predicted octanol–water partition coefficient (Wildman–Crippen LogP) is 3.79. The summed E-state index contributed by atoms with van der Waals surface area (Å²) >= 11 is 1.42. The second kappa shape index (κ2) is 7.69. The third kappa shape index (κ3) is 3.56. The molecule has 4 aromatic rings. The molecule has 2 N–H and O–H groups in total. The lowest BCUT2D eigenvalue weighted by atomic mass is 10.1. The van der Waals surface area contributed by atoms with Crippen LogP contribution < -0.4 is 5.32 Å². The number of hydrogen-bond donors (Lipinski definition) is 2. The molecule has 0 spiro atoms. The van der Waals surface area contributed by atoms with Crippen molar-refractivity contribution in [2.75, 3.05) is 5.32 Å². The monoisotopic (exact) mass is 445 g/mol. The molecule has 0 aliphatic heterocycles. The number of carbonyl (C=O) groups is 1. The Kier molecular flexibility index (Phi) is 4.83. The highest BCUT2D eigenvalue weighted by Gasteiger charge is 2.46. The van der Waals surface area contributed by atoms with E-state index in [0.29, 0.717) is 17.0 Å². The first kappa shape index (κ1) is 20.1. The van der Waals surface area contributed by atoms with Crippen LogP contribution in [0.15, 0.2) is 36.7 Å². The van der Waals surface area contributed by atoms with E-state index in [1.54, 1.807) is 16.8 Å². The van der Waals surface area contributed by atoms with Gasteiger partial charge in [0.2, 0.25) is 0 Å². The van der Waals surface area contributed by atoms with Crippen LogP contribution in [0.4, 0.5) is 5.69 Å². The van der Waals surface area contributed by atoms with E-state index in [9.17, 15) is 9.90 Å². The minimum atomic E-state index is -0.783. The first-order valence-corrected chi connectivity index (χ1v) is 11.0. The maximum Gasteiger partial charge on any atom is 0.307 e. The molecule has 2 atom stereocenters. The summed E-state index contributed by atoms with van der Waals surface area (Å²) in [5, 5.41) is 36.1. The number of hydrogen-bond acceptors (Lipinski definition) is 8. The van der Waals surface area contributed by atoms with Crippen molar-refractivity contribution in [3.8, 4) is 28.0 Å². The zero-order chi connectivity index (χ0) is 22.4. The van der Waals surface area contributed by atoms with E-state index < -0.39 is 5.97 Å². The largest absolute Gasteiger partial charge is 0.481 e. The van der Waals surface area contributed by atoms with Crippen LogP contribution in [0.2, 0.25) is 0 Å². The predicted molar refractivity (Wildman–Crippen MR) is 119 cm³/mol. The number of carboxylic acid groups (broad SMARTS) is 1. The summed E-state index contributed by atoms with van der Waals surface area (Å²) in [6.45, 7) is 4.10. The van der Waals surface area contributed by atoms with Gasteiger partial charge in [0.15, 0.2) is 5.01 Å². The molecule has 1 fully saturated rings. The molecule has 5 rings (SSSR count). The van der Waals surface area contributed by atoms with E-state index in [-0.39, 0.29) is 17.9 Å². The minimum Gasteiger partial charge on any atom is -0.481 e. The molecule has 4 aromatic heterocycles. The average molecular weight is 446 g/mol. The van der Waals surface area contributed by atoms with Gasteiger partial charge in [0.1, 0.15) is 11.1 Å². The van der Waals surface area contributed by atoms with Crippen LogP contribution in [-0.2, 0) is 4.79 Å². The van der Waals surface area contributed by atoms with Gasteiger partial charge >= 0.3 is 5.97 Å². The van der Waals surface area contributed by atoms with Crippen LogP contribution in [0.1, 0.15) is 36.8 Å². The first-order chi connectivity index (χ1) is 15.4. The number of aromatic nitrogens is 5. The highest BCUT2D eigenvalue weighted by molar-refractivity contribution is 7.14. The van der Waals surface area contributed by atoms with Crippen LogP contribution in [-0.4, -0.2) is 41.9 Å². The van der Waals surface area contributed by atoms with Gasteiger partial charge in [-0.1, -0.05) is 11.3 Å². The van der Waals surface area contributed by atoms with E-state index in [4.69, 9.17) is 5.26 Å². The first-order valence-electron chi connectivity index (χ1n) is 10.2. The lowest BCUT2D eigenvalue weighted by Crippen LogP contribution is -2.11. The zero-order valence-electron chi connectivity index (χ0n) is 17.4. The van der Waals surface area contributed by atoms with Crippen LogP contribution in [0.5, 0.6) is 0 Å². The molecule has 10 heteroatoms. The topological polar surface area (TPSA) is 129 Å². The molecular weight excluding hydrogens is 426 g/mol. The lowest BCUT2D eigenvalue weighted by molar-refractivity contribution is -0.138. The second-order valence-corrected chi connectivity index (χ2v) is 9.07. The van der Waals surface area contributed by atoms with Crippen molar-refractivity contribution in [2.45, 2.75) is 32.2 Å². The Bertz CT molecular complexity index is 1380. The molecule has 0 amide bonds. The summed E-state index contributed by atoms with van der Waals surface area (Å²) in [5.41, 5.74) is 4.53. The van der Waals surface area contributed by atoms with Crippen molar-refractivity contribution in [1.29, 1.82) is 5.26 Å². The fourth-order valence-electron chi connectivity index (χ4n) is 3.68. The van der Waals surface area contributed by atoms with E-state index in [1.165, 1.54) is 17.5 Å². The van der Waals surface area contributed by atoms with E-state index in [2.05, 4.69) is 45.5 Å². The van der Waals surface area contributed by atoms with Gasteiger partial charge in [-0.05, 0) is 44.5 Å². The smallest absolute Gasteiger partial charge is 0.307 e. The SMILES string of the molecule is CC(C)Nc1cc(-c2ccc3cc(C#N)cnn23)ncc1-c1nnc([C@@H]2C[C@H]2C(=O)O)s1.